The Bertz CT molecular complexity index is 798. The molecule has 0 radical (unpaired) electrons. The van der Waals surface area contributed by atoms with Gasteiger partial charge >= 0.3 is 0 Å². The van der Waals surface area contributed by atoms with Crippen molar-refractivity contribution in [3.63, 3.8) is 0 Å². The second-order valence-corrected chi connectivity index (χ2v) is 5.48. The highest BCUT2D eigenvalue weighted by atomic mass is 32.1. The molecule has 2 aromatic heterocycles. The molecule has 0 aliphatic rings. The fourth-order valence-corrected chi connectivity index (χ4v) is 2.84. The highest BCUT2D eigenvalue weighted by Crippen LogP contribution is 2.17. The van der Waals surface area contributed by atoms with E-state index in [0.29, 0.717) is 4.77 Å². The number of aromatic nitrogens is 4. The number of pyridine rings is 1. The topological polar surface area (TPSA) is 46.5 Å². The molecule has 4 nitrogen and oxygen atoms in total. The minimum absolute atomic E-state index is 0.701. The van der Waals surface area contributed by atoms with Crippen LogP contribution in [0.15, 0.2) is 36.5 Å². The van der Waals surface area contributed by atoms with Crippen molar-refractivity contribution in [2.24, 2.45) is 0 Å². The van der Waals surface area contributed by atoms with Gasteiger partial charge in [0.25, 0.3) is 0 Å². The predicted octanol–water partition coefficient (Wildman–Crippen LogP) is 3.68. The molecule has 0 saturated heterocycles. The SMILES string of the molecule is CCCc1n[nH]c(=S)n1CCc1cccc2cccnc12. The Morgan fingerprint density at radius 2 is 2.05 bits per heavy atom. The molecule has 0 atom stereocenters. The number of rotatable bonds is 5. The van der Waals surface area contributed by atoms with Crippen LogP contribution in [0, 0.1) is 4.77 Å². The highest BCUT2D eigenvalue weighted by Gasteiger charge is 2.07. The molecule has 0 aliphatic carbocycles. The first kappa shape index (κ1) is 13.9. The molecule has 0 saturated carbocycles. The highest BCUT2D eigenvalue weighted by molar-refractivity contribution is 7.71. The Kier molecular flexibility index (Phi) is 4.10. The number of aryl methyl sites for hydroxylation is 2. The minimum atomic E-state index is 0.701. The van der Waals surface area contributed by atoms with Gasteiger partial charge in [0, 0.05) is 24.5 Å². The Hall–Kier alpha value is -2.01. The molecule has 0 fully saturated rings. The van der Waals surface area contributed by atoms with Gasteiger partial charge in [-0.15, -0.1) is 0 Å². The maximum absolute atomic E-state index is 5.33. The van der Waals surface area contributed by atoms with Crippen LogP contribution in [0.25, 0.3) is 10.9 Å². The molecule has 0 aliphatic heterocycles. The van der Waals surface area contributed by atoms with E-state index in [1.165, 1.54) is 10.9 Å². The molecule has 2 heterocycles. The second-order valence-electron chi connectivity index (χ2n) is 5.09. The number of nitrogens with zero attached hydrogens (tertiary/aromatic N) is 3. The largest absolute Gasteiger partial charge is 0.304 e. The van der Waals surface area contributed by atoms with Gasteiger partial charge in [-0.1, -0.05) is 31.2 Å². The van der Waals surface area contributed by atoms with E-state index >= 15 is 0 Å². The number of benzene rings is 1. The zero-order valence-corrected chi connectivity index (χ0v) is 12.9. The number of aromatic amines is 1. The lowest BCUT2D eigenvalue weighted by atomic mass is 10.1. The van der Waals surface area contributed by atoms with Crippen LogP contribution < -0.4 is 0 Å². The van der Waals surface area contributed by atoms with E-state index in [9.17, 15) is 0 Å². The van der Waals surface area contributed by atoms with Crippen LogP contribution in [0.1, 0.15) is 24.7 Å². The summed E-state index contributed by atoms with van der Waals surface area (Å²) < 4.78 is 2.80. The molecule has 0 amide bonds. The predicted molar refractivity (Wildman–Crippen MR) is 86.9 cm³/mol. The van der Waals surface area contributed by atoms with E-state index in [2.05, 4.69) is 50.9 Å². The first-order valence-corrected chi connectivity index (χ1v) is 7.67. The van der Waals surface area contributed by atoms with Crippen LogP contribution in [0.5, 0.6) is 0 Å². The Morgan fingerprint density at radius 3 is 2.90 bits per heavy atom. The molecule has 0 spiro atoms. The smallest absolute Gasteiger partial charge is 0.195 e. The number of H-pyrrole nitrogens is 1. The fraction of sp³-hybridized carbons (Fsp3) is 0.312. The van der Waals surface area contributed by atoms with Gasteiger partial charge in [-0.25, -0.2) is 0 Å². The molecular formula is C16H18N4S. The van der Waals surface area contributed by atoms with Crippen molar-refractivity contribution < 1.29 is 0 Å². The van der Waals surface area contributed by atoms with E-state index in [1.54, 1.807) is 0 Å². The van der Waals surface area contributed by atoms with Crippen molar-refractivity contribution >= 4 is 23.1 Å². The van der Waals surface area contributed by atoms with Crippen molar-refractivity contribution in [1.29, 1.82) is 0 Å². The summed E-state index contributed by atoms with van der Waals surface area (Å²) in [4.78, 5) is 4.50. The molecule has 3 aromatic rings. The van der Waals surface area contributed by atoms with E-state index in [4.69, 9.17) is 12.2 Å². The van der Waals surface area contributed by atoms with Gasteiger partial charge in [-0.05, 0) is 36.7 Å². The summed E-state index contributed by atoms with van der Waals surface area (Å²) in [5, 5.41) is 8.39. The second kappa shape index (κ2) is 6.18. The van der Waals surface area contributed by atoms with Crippen molar-refractivity contribution in [3.8, 4) is 0 Å². The minimum Gasteiger partial charge on any atom is -0.304 e. The van der Waals surface area contributed by atoms with Gasteiger partial charge in [0.05, 0.1) is 5.52 Å². The summed E-state index contributed by atoms with van der Waals surface area (Å²) in [6.07, 6.45) is 4.76. The average Bonchev–Trinajstić information content (AvgIpc) is 2.86. The van der Waals surface area contributed by atoms with Crippen LogP contribution in [0.4, 0.5) is 0 Å². The van der Waals surface area contributed by atoms with Gasteiger partial charge in [0.1, 0.15) is 5.82 Å². The van der Waals surface area contributed by atoms with Crippen molar-refractivity contribution in [1.82, 2.24) is 19.7 Å². The van der Waals surface area contributed by atoms with Crippen LogP contribution in [-0.4, -0.2) is 19.7 Å². The standard InChI is InChI=1S/C16H18N4S/c1-2-5-14-18-19-16(21)20(14)11-9-13-7-3-6-12-8-4-10-17-15(12)13/h3-4,6-8,10H,2,5,9,11H2,1H3,(H,19,21). The number of fused-ring (bicyclic) bond motifs is 1. The summed E-state index contributed by atoms with van der Waals surface area (Å²) in [7, 11) is 0. The zero-order valence-electron chi connectivity index (χ0n) is 12.0. The van der Waals surface area contributed by atoms with E-state index in [1.807, 2.05) is 12.3 Å². The van der Waals surface area contributed by atoms with Gasteiger partial charge in [0.2, 0.25) is 0 Å². The molecule has 21 heavy (non-hydrogen) atoms. The molecule has 1 aromatic carbocycles. The first-order valence-electron chi connectivity index (χ1n) is 7.26. The van der Waals surface area contributed by atoms with Crippen LogP contribution in [-0.2, 0) is 19.4 Å². The molecule has 0 unspecified atom stereocenters. The third kappa shape index (κ3) is 2.88. The zero-order chi connectivity index (χ0) is 14.7. The maximum Gasteiger partial charge on any atom is 0.195 e. The lowest BCUT2D eigenvalue weighted by molar-refractivity contribution is 0.637. The van der Waals surface area contributed by atoms with Crippen LogP contribution in [0.3, 0.4) is 0 Å². The lowest BCUT2D eigenvalue weighted by Gasteiger charge is -2.08. The van der Waals surface area contributed by atoms with Crippen LogP contribution >= 0.6 is 12.2 Å². The van der Waals surface area contributed by atoms with E-state index in [-0.39, 0.29) is 0 Å². The molecule has 3 rings (SSSR count). The summed E-state index contributed by atoms with van der Waals surface area (Å²) >= 11 is 5.33. The summed E-state index contributed by atoms with van der Waals surface area (Å²) in [5.74, 6) is 1.04. The van der Waals surface area contributed by atoms with Crippen molar-refractivity contribution in [2.75, 3.05) is 0 Å². The number of hydrogen-bond acceptors (Lipinski definition) is 3. The Morgan fingerprint density at radius 1 is 1.19 bits per heavy atom. The number of hydrogen-bond donors (Lipinski definition) is 1. The van der Waals surface area contributed by atoms with Gasteiger partial charge in [0.15, 0.2) is 4.77 Å². The monoisotopic (exact) mass is 298 g/mol. The van der Waals surface area contributed by atoms with Gasteiger partial charge in [-0.2, -0.15) is 5.10 Å². The average molecular weight is 298 g/mol. The van der Waals surface area contributed by atoms with E-state index in [0.717, 1.165) is 37.1 Å². The summed E-state index contributed by atoms with van der Waals surface area (Å²) in [6.45, 7) is 2.98. The number of para-hydroxylation sites is 1. The molecule has 0 bridgehead atoms. The first-order chi connectivity index (χ1) is 10.3. The Balaban J connectivity index is 1.87. The normalized spacial score (nSPS) is 11.1. The third-order valence-electron chi connectivity index (χ3n) is 3.63. The summed E-state index contributed by atoms with van der Waals surface area (Å²) in [5.41, 5.74) is 2.32. The van der Waals surface area contributed by atoms with Gasteiger partial charge in [-0.3, -0.25) is 10.1 Å². The Labute approximate surface area is 128 Å². The fourth-order valence-electron chi connectivity index (χ4n) is 2.60. The maximum atomic E-state index is 5.33. The number of nitrogens with one attached hydrogen (secondary N) is 1. The van der Waals surface area contributed by atoms with Crippen molar-refractivity contribution in [2.45, 2.75) is 32.7 Å². The molecule has 5 heteroatoms. The van der Waals surface area contributed by atoms with Crippen molar-refractivity contribution in [3.05, 3.63) is 52.7 Å². The molecule has 1 N–H and O–H groups in total. The van der Waals surface area contributed by atoms with E-state index < -0.39 is 0 Å². The van der Waals surface area contributed by atoms with Crippen LogP contribution in [0.2, 0.25) is 0 Å². The summed E-state index contributed by atoms with van der Waals surface area (Å²) in [6, 6.07) is 10.4. The third-order valence-corrected chi connectivity index (χ3v) is 3.94. The quantitative estimate of drug-likeness (QED) is 0.731. The lowest BCUT2D eigenvalue weighted by Crippen LogP contribution is -2.07. The van der Waals surface area contributed by atoms with Gasteiger partial charge < -0.3 is 4.57 Å². The molecule has 108 valence electrons. The molecular weight excluding hydrogens is 280 g/mol.